The van der Waals surface area contributed by atoms with Crippen molar-refractivity contribution in [3.05, 3.63) is 16.3 Å². The molecule has 0 heterocycles. The first-order chi connectivity index (χ1) is 9.16. The molecule has 0 saturated carbocycles. The number of anilines is 2. The molecule has 0 radical (unpaired) electrons. The topological polar surface area (TPSA) is 98.3 Å². The Morgan fingerprint density at radius 1 is 0.857 bits per heavy atom. The zero-order chi connectivity index (χ0) is 15.6. The van der Waals surface area contributed by atoms with E-state index < -0.39 is 5.97 Å². The number of carbonyl (C=O) groups excluding carboxylic acids is 3. The van der Waals surface area contributed by atoms with E-state index in [4.69, 9.17) is 0 Å². The molecule has 10 heteroatoms. The van der Waals surface area contributed by atoms with Gasteiger partial charge in [0.1, 0.15) is 0 Å². The molecule has 0 saturated heterocycles. The molecule has 0 aliphatic carbocycles. The Morgan fingerprint density at radius 2 is 1.19 bits per heavy atom. The average Bonchev–Trinajstić information content (AvgIpc) is 2.29. The third-order valence-electron chi connectivity index (χ3n) is 2.12. The van der Waals surface area contributed by atoms with Crippen molar-refractivity contribution in [2.24, 2.45) is 0 Å². The molecule has 2 N–H and O–H groups in total. The molecule has 0 unspecified atom stereocenters. The molecule has 0 aliphatic rings. The van der Waals surface area contributed by atoms with Gasteiger partial charge in [-0.1, -0.05) is 0 Å². The van der Waals surface area contributed by atoms with Crippen molar-refractivity contribution < 1.29 is 49.0 Å². The van der Waals surface area contributed by atoms with Crippen LogP contribution in [0.3, 0.4) is 0 Å². The minimum absolute atomic E-state index is 0. The molecule has 21 heavy (non-hydrogen) atoms. The van der Waals surface area contributed by atoms with Gasteiger partial charge < -0.3 is 20.5 Å². The molecule has 1 rings (SSSR count). The summed E-state index contributed by atoms with van der Waals surface area (Å²) < 4.78 is 1.29. The van der Waals surface area contributed by atoms with Gasteiger partial charge in [0.05, 0.1) is 20.9 Å². The number of carboxylic acid groups (broad SMARTS) is 1. The summed E-state index contributed by atoms with van der Waals surface area (Å²) in [6.45, 7) is 2.64. The zero-order valence-corrected chi connectivity index (χ0v) is 19.7. The predicted molar refractivity (Wildman–Crippen MR) is 97.5 cm³/mol. The molecule has 0 aliphatic heterocycles. The van der Waals surface area contributed by atoms with E-state index in [0.29, 0.717) is 22.1 Å². The Labute approximate surface area is 184 Å². The summed E-state index contributed by atoms with van der Waals surface area (Å²) in [4.78, 5) is 33.8. The van der Waals surface area contributed by atoms with E-state index in [1.165, 1.54) is 13.8 Å². The summed E-state index contributed by atoms with van der Waals surface area (Å²) in [5.41, 5.74) is 0.642. The van der Waals surface area contributed by atoms with Gasteiger partial charge in [-0.2, -0.15) is 0 Å². The van der Waals surface area contributed by atoms with E-state index in [0.717, 1.165) is 0 Å². The predicted octanol–water partition coefficient (Wildman–Crippen LogP) is -1.22. The average molecular weight is 648 g/mol. The Hall–Kier alpha value is 0.820. The van der Waals surface area contributed by atoms with Crippen LogP contribution in [0.15, 0.2) is 0 Å². The fraction of sp³-hybridized carbons (Fsp3) is 0.182. The van der Waals surface area contributed by atoms with E-state index in [1.807, 2.05) is 67.8 Å². The second-order valence-corrected chi connectivity index (χ2v) is 6.95. The van der Waals surface area contributed by atoms with Crippen LogP contribution >= 0.6 is 67.8 Å². The molecule has 108 valence electrons. The van der Waals surface area contributed by atoms with Gasteiger partial charge in [-0.3, -0.25) is 9.59 Å². The van der Waals surface area contributed by atoms with E-state index in [2.05, 4.69) is 10.6 Å². The maximum absolute atomic E-state index is 11.3. The molecule has 0 bridgehead atoms. The van der Waals surface area contributed by atoms with Gasteiger partial charge in [0, 0.05) is 26.6 Å². The first-order valence-corrected chi connectivity index (χ1v) is 8.37. The first kappa shape index (κ1) is 21.8. The molecular weight excluding hydrogens is 640 g/mol. The van der Waals surface area contributed by atoms with E-state index in [-0.39, 0.29) is 46.9 Å². The smallest absolute Gasteiger partial charge is 0.545 e. The summed E-state index contributed by atoms with van der Waals surface area (Å²) in [6.07, 6.45) is 0. The van der Waals surface area contributed by atoms with Crippen LogP contribution in [0.2, 0.25) is 0 Å². The van der Waals surface area contributed by atoms with E-state index in [9.17, 15) is 19.5 Å². The number of nitrogens with one attached hydrogen (secondary N) is 2. The first-order valence-electron chi connectivity index (χ1n) is 5.13. The van der Waals surface area contributed by atoms with Crippen molar-refractivity contribution in [1.29, 1.82) is 0 Å². The molecule has 0 spiro atoms. The van der Waals surface area contributed by atoms with Crippen LogP contribution in [0.5, 0.6) is 0 Å². The molecule has 0 atom stereocenters. The van der Waals surface area contributed by atoms with Crippen LogP contribution in [-0.4, -0.2) is 17.8 Å². The van der Waals surface area contributed by atoms with Crippen molar-refractivity contribution in [2.45, 2.75) is 13.8 Å². The Balaban J connectivity index is 0.00000400. The number of carbonyl (C=O) groups is 3. The molecule has 1 aromatic rings. The number of amides is 2. The van der Waals surface area contributed by atoms with Crippen LogP contribution in [-0.2, 0) is 9.59 Å². The summed E-state index contributed by atoms with van der Waals surface area (Å²) in [7, 11) is 0. The number of hydrogen-bond donors (Lipinski definition) is 2. The molecular formula is C11H8I3N2NaO4. The van der Waals surface area contributed by atoms with Crippen LogP contribution in [0.4, 0.5) is 11.4 Å². The van der Waals surface area contributed by atoms with Gasteiger partial charge >= 0.3 is 29.6 Å². The van der Waals surface area contributed by atoms with Gasteiger partial charge in [0.2, 0.25) is 11.8 Å². The Bertz CT molecular complexity index is 579. The second kappa shape index (κ2) is 9.20. The van der Waals surface area contributed by atoms with Crippen molar-refractivity contribution >= 4 is 96.9 Å². The van der Waals surface area contributed by atoms with Crippen LogP contribution < -0.4 is 45.3 Å². The monoisotopic (exact) mass is 648 g/mol. The summed E-state index contributed by atoms with van der Waals surface area (Å²) in [6, 6.07) is 0. The fourth-order valence-electron chi connectivity index (χ4n) is 1.41. The molecule has 6 nitrogen and oxygen atoms in total. The van der Waals surface area contributed by atoms with E-state index >= 15 is 0 Å². The van der Waals surface area contributed by atoms with Gasteiger partial charge in [0.15, 0.2) is 0 Å². The second-order valence-electron chi connectivity index (χ2n) is 3.72. The van der Waals surface area contributed by atoms with Crippen molar-refractivity contribution in [3.8, 4) is 0 Å². The number of halogens is 3. The third kappa shape index (κ3) is 5.44. The largest absolute Gasteiger partial charge is 1.00 e. The molecule has 1 aromatic carbocycles. The summed E-state index contributed by atoms with van der Waals surface area (Å²) in [5.74, 6) is -2.03. The number of rotatable bonds is 3. The summed E-state index contributed by atoms with van der Waals surface area (Å²) >= 11 is 5.61. The van der Waals surface area contributed by atoms with Crippen LogP contribution in [0.25, 0.3) is 0 Å². The summed E-state index contributed by atoms with van der Waals surface area (Å²) in [5, 5.41) is 16.4. The molecule has 0 aromatic heterocycles. The van der Waals surface area contributed by atoms with Crippen molar-refractivity contribution in [3.63, 3.8) is 0 Å². The van der Waals surface area contributed by atoms with Gasteiger partial charge in [-0.15, -0.1) is 0 Å². The van der Waals surface area contributed by atoms with Crippen LogP contribution in [0, 0.1) is 10.7 Å². The number of hydrogen-bond acceptors (Lipinski definition) is 4. The standard InChI is InChI=1S/C11H9I3N2O4.Na/c1-3(17)15-9-6(12)5(11(19)20)7(13)10(8(9)14)16-4(2)18;/h1-2H3,(H,15,17)(H,16,18)(H,19,20);/q;+1/p-1/i12+4,13+4,14+4;. The third-order valence-corrected chi connectivity index (χ3v) is 5.36. The van der Waals surface area contributed by atoms with Gasteiger partial charge in [0.25, 0.3) is 0 Å². The van der Waals surface area contributed by atoms with E-state index in [1.54, 1.807) is 0 Å². The van der Waals surface area contributed by atoms with Gasteiger partial charge in [-0.25, -0.2) is 0 Å². The SMILES string of the molecule is CC(=O)Nc1c([131I])c(NC(C)=O)c([131I])c(C(=O)[O-])c1[131I].[Na+]. The Morgan fingerprint density at radius 3 is 1.43 bits per heavy atom. The number of benzene rings is 1. The minimum Gasteiger partial charge on any atom is -0.545 e. The van der Waals surface area contributed by atoms with Crippen molar-refractivity contribution in [2.75, 3.05) is 10.6 Å². The number of aromatic carboxylic acids is 1. The Kier molecular flexibility index (Phi) is 9.56. The van der Waals surface area contributed by atoms with Crippen LogP contribution in [0.1, 0.15) is 24.2 Å². The van der Waals surface area contributed by atoms with Crippen molar-refractivity contribution in [1.82, 2.24) is 0 Å². The quantitative estimate of drug-likeness (QED) is 0.318. The number of carboxylic acids is 1. The maximum Gasteiger partial charge on any atom is 1.00 e. The van der Waals surface area contributed by atoms with Gasteiger partial charge in [-0.05, 0) is 67.8 Å². The zero-order valence-electron chi connectivity index (χ0n) is 11.3. The fourth-order valence-corrected chi connectivity index (χ4v) is 5.56. The molecule has 2 amide bonds. The normalized spacial score (nSPS) is 9.57. The maximum atomic E-state index is 11.3. The molecule has 0 fully saturated rings. The minimum atomic E-state index is -1.37.